The van der Waals surface area contributed by atoms with Crippen LogP contribution in [0.4, 0.5) is 0 Å². The van der Waals surface area contributed by atoms with Crippen molar-refractivity contribution in [3.63, 3.8) is 0 Å². The first-order valence-corrected chi connectivity index (χ1v) is 10.1. The Morgan fingerprint density at radius 2 is 1.70 bits per heavy atom. The molecule has 2 aromatic carbocycles. The third kappa shape index (κ3) is 4.73. The molecular formula is C17H21NO3S2. The molecule has 2 aromatic rings. The molecule has 2 rings (SSSR count). The van der Waals surface area contributed by atoms with Gasteiger partial charge in [0, 0.05) is 10.9 Å². The zero-order valence-corrected chi connectivity index (χ0v) is 15.1. The molecule has 1 unspecified atom stereocenters. The number of sulfonamides is 1. The molecule has 1 N–H and O–H groups in total. The van der Waals surface area contributed by atoms with E-state index in [1.165, 1.54) is 0 Å². The van der Waals surface area contributed by atoms with Crippen LogP contribution in [0.15, 0.2) is 58.3 Å². The normalized spacial score (nSPS) is 12.8. The van der Waals surface area contributed by atoms with Crippen LogP contribution in [-0.2, 0) is 10.0 Å². The first kappa shape index (κ1) is 17.8. The number of hydrogen-bond acceptors (Lipinski definition) is 4. The van der Waals surface area contributed by atoms with Gasteiger partial charge in [-0.05, 0) is 62.1 Å². The number of benzene rings is 2. The van der Waals surface area contributed by atoms with Gasteiger partial charge in [-0.1, -0.05) is 12.1 Å². The van der Waals surface area contributed by atoms with E-state index in [4.69, 9.17) is 4.74 Å². The predicted octanol–water partition coefficient (Wildman–Crippen LogP) is 3.85. The van der Waals surface area contributed by atoms with Gasteiger partial charge in [0.15, 0.2) is 0 Å². The van der Waals surface area contributed by atoms with Gasteiger partial charge in [0.1, 0.15) is 5.75 Å². The highest BCUT2D eigenvalue weighted by Gasteiger charge is 2.18. The lowest BCUT2D eigenvalue weighted by Gasteiger charge is -2.15. The van der Waals surface area contributed by atoms with Crippen LogP contribution in [0, 0.1) is 0 Å². The van der Waals surface area contributed by atoms with E-state index < -0.39 is 10.0 Å². The van der Waals surface area contributed by atoms with Gasteiger partial charge in [-0.25, -0.2) is 13.1 Å². The molecule has 6 heteroatoms. The fourth-order valence-electron chi connectivity index (χ4n) is 2.14. The molecule has 0 spiro atoms. The van der Waals surface area contributed by atoms with Gasteiger partial charge in [-0.2, -0.15) is 0 Å². The number of ether oxygens (including phenoxy) is 1. The summed E-state index contributed by atoms with van der Waals surface area (Å²) < 4.78 is 32.9. The zero-order valence-electron chi connectivity index (χ0n) is 13.4. The molecule has 0 fully saturated rings. The molecule has 0 aliphatic carbocycles. The Bertz CT molecular complexity index is 725. The van der Waals surface area contributed by atoms with Gasteiger partial charge in [0.25, 0.3) is 0 Å². The summed E-state index contributed by atoms with van der Waals surface area (Å²) in [6, 6.07) is 14.0. The average Bonchev–Trinajstić information content (AvgIpc) is 2.55. The van der Waals surface area contributed by atoms with Crippen molar-refractivity contribution < 1.29 is 13.2 Å². The van der Waals surface area contributed by atoms with Crippen molar-refractivity contribution >= 4 is 21.8 Å². The third-order valence-electron chi connectivity index (χ3n) is 3.39. The summed E-state index contributed by atoms with van der Waals surface area (Å²) in [6.45, 7) is 4.27. The summed E-state index contributed by atoms with van der Waals surface area (Å²) in [5.74, 6) is 0.659. The number of hydrogen-bond donors (Lipinski definition) is 1. The van der Waals surface area contributed by atoms with E-state index >= 15 is 0 Å². The van der Waals surface area contributed by atoms with E-state index in [2.05, 4.69) is 4.72 Å². The van der Waals surface area contributed by atoms with Crippen LogP contribution in [-0.4, -0.2) is 21.3 Å². The van der Waals surface area contributed by atoms with Gasteiger partial charge in [0.2, 0.25) is 10.0 Å². The number of nitrogens with one attached hydrogen (secondary N) is 1. The van der Waals surface area contributed by atoms with Crippen LogP contribution in [0.1, 0.15) is 25.5 Å². The van der Waals surface area contributed by atoms with Gasteiger partial charge in [-0.3, -0.25) is 0 Å². The zero-order chi connectivity index (χ0) is 16.9. The van der Waals surface area contributed by atoms with Gasteiger partial charge >= 0.3 is 0 Å². The molecule has 0 aromatic heterocycles. The van der Waals surface area contributed by atoms with Crippen LogP contribution < -0.4 is 9.46 Å². The maximum atomic E-state index is 12.5. The second kappa shape index (κ2) is 7.86. The molecular weight excluding hydrogens is 330 g/mol. The third-order valence-corrected chi connectivity index (χ3v) is 5.69. The topological polar surface area (TPSA) is 55.4 Å². The van der Waals surface area contributed by atoms with E-state index in [9.17, 15) is 8.42 Å². The van der Waals surface area contributed by atoms with Gasteiger partial charge in [-0.15, -0.1) is 11.8 Å². The molecule has 0 saturated carbocycles. The molecule has 0 heterocycles. The maximum Gasteiger partial charge on any atom is 0.241 e. The van der Waals surface area contributed by atoms with Crippen LogP contribution >= 0.6 is 11.8 Å². The molecule has 0 saturated heterocycles. The second-order valence-electron chi connectivity index (χ2n) is 5.02. The van der Waals surface area contributed by atoms with Crippen molar-refractivity contribution in [2.75, 3.05) is 12.9 Å². The van der Waals surface area contributed by atoms with E-state index in [1.807, 2.05) is 44.4 Å². The minimum Gasteiger partial charge on any atom is -0.494 e. The molecule has 4 nitrogen and oxygen atoms in total. The van der Waals surface area contributed by atoms with E-state index in [0.717, 1.165) is 10.5 Å². The standard InChI is InChI=1S/C17H21NO3S2/c1-4-21-15-7-11-17(12-8-15)23(19,20)18-13(2)14-5-9-16(22-3)10-6-14/h5-13,18H,4H2,1-3H3. The lowest BCUT2D eigenvalue weighted by molar-refractivity contribution is 0.340. The summed E-state index contributed by atoms with van der Waals surface area (Å²) in [5.41, 5.74) is 0.928. The van der Waals surface area contributed by atoms with E-state index in [-0.39, 0.29) is 10.9 Å². The molecule has 0 radical (unpaired) electrons. The van der Waals surface area contributed by atoms with Crippen molar-refractivity contribution in [1.29, 1.82) is 0 Å². The maximum absolute atomic E-state index is 12.5. The smallest absolute Gasteiger partial charge is 0.241 e. The summed E-state index contributed by atoms with van der Waals surface area (Å²) >= 11 is 1.65. The van der Waals surface area contributed by atoms with Crippen LogP contribution in [0.2, 0.25) is 0 Å². The molecule has 23 heavy (non-hydrogen) atoms. The molecule has 0 amide bonds. The Hall–Kier alpha value is -1.50. The van der Waals surface area contributed by atoms with Crippen molar-refractivity contribution in [1.82, 2.24) is 4.72 Å². The number of thioether (sulfide) groups is 1. The fourth-order valence-corrected chi connectivity index (χ4v) is 3.78. The first-order chi connectivity index (χ1) is 11.0. The van der Waals surface area contributed by atoms with Gasteiger partial charge in [0.05, 0.1) is 11.5 Å². The van der Waals surface area contributed by atoms with Crippen LogP contribution in [0.5, 0.6) is 5.75 Å². The highest BCUT2D eigenvalue weighted by Crippen LogP contribution is 2.22. The highest BCUT2D eigenvalue weighted by atomic mass is 32.2. The van der Waals surface area contributed by atoms with Crippen molar-refractivity contribution in [2.45, 2.75) is 29.7 Å². The molecule has 0 bridgehead atoms. The summed E-state index contributed by atoms with van der Waals surface area (Å²) in [4.78, 5) is 1.38. The Balaban J connectivity index is 2.12. The van der Waals surface area contributed by atoms with Gasteiger partial charge < -0.3 is 4.74 Å². The second-order valence-corrected chi connectivity index (χ2v) is 7.61. The van der Waals surface area contributed by atoms with E-state index in [0.29, 0.717) is 12.4 Å². The minimum absolute atomic E-state index is 0.230. The lowest BCUT2D eigenvalue weighted by Crippen LogP contribution is -2.26. The van der Waals surface area contributed by atoms with Crippen molar-refractivity contribution in [2.24, 2.45) is 0 Å². The quantitative estimate of drug-likeness (QED) is 0.770. The van der Waals surface area contributed by atoms with Crippen LogP contribution in [0.3, 0.4) is 0 Å². The lowest BCUT2D eigenvalue weighted by atomic mass is 10.1. The van der Waals surface area contributed by atoms with E-state index in [1.54, 1.807) is 36.0 Å². The summed E-state index contributed by atoms with van der Waals surface area (Å²) in [7, 11) is -3.57. The first-order valence-electron chi connectivity index (χ1n) is 7.35. The molecule has 1 atom stereocenters. The molecule has 0 aliphatic heterocycles. The van der Waals surface area contributed by atoms with Crippen LogP contribution in [0.25, 0.3) is 0 Å². The summed E-state index contributed by atoms with van der Waals surface area (Å²) in [5, 5.41) is 0. The Morgan fingerprint density at radius 3 is 2.22 bits per heavy atom. The molecule has 0 aliphatic rings. The Morgan fingerprint density at radius 1 is 1.09 bits per heavy atom. The minimum atomic E-state index is -3.57. The average molecular weight is 351 g/mol. The Kier molecular flexibility index (Phi) is 6.10. The summed E-state index contributed by atoms with van der Waals surface area (Å²) in [6.07, 6.45) is 2.01. The molecule has 124 valence electrons. The monoisotopic (exact) mass is 351 g/mol. The number of rotatable bonds is 7. The fraction of sp³-hybridized carbons (Fsp3) is 0.294. The van der Waals surface area contributed by atoms with Crippen molar-refractivity contribution in [3.05, 3.63) is 54.1 Å². The van der Waals surface area contributed by atoms with Crippen molar-refractivity contribution in [3.8, 4) is 5.75 Å². The largest absolute Gasteiger partial charge is 0.494 e. The highest BCUT2D eigenvalue weighted by molar-refractivity contribution is 7.98. The predicted molar refractivity (Wildman–Crippen MR) is 94.6 cm³/mol. The SMILES string of the molecule is CCOc1ccc(S(=O)(=O)NC(C)c2ccc(SC)cc2)cc1. The Labute approximate surface area is 142 Å².